The van der Waals surface area contributed by atoms with Gasteiger partial charge in [-0.15, -0.1) is 0 Å². The van der Waals surface area contributed by atoms with Crippen LogP contribution in [-0.4, -0.2) is 0 Å². The maximum absolute atomic E-state index is 6.38. The van der Waals surface area contributed by atoms with Crippen molar-refractivity contribution in [3.05, 3.63) is 473 Å². The van der Waals surface area contributed by atoms with Gasteiger partial charge in [0.2, 0.25) is 0 Å². The molecule has 6 heteroatoms. The van der Waals surface area contributed by atoms with Crippen LogP contribution in [0, 0.1) is 0 Å². The van der Waals surface area contributed by atoms with Crippen LogP contribution in [0.25, 0.3) is 317 Å². The Morgan fingerprint density at radius 3 is 0.472 bits per heavy atom. The fourth-order valence-electron chi connectivity index (χ4n) is 23.3. The highest BCUT2D eigenvalue weighted by Gasteiger charge is 2.26. The smallest absolute Gasteiger partial charge is 0.136 e. The average molecular weight is 1810 g/mol. The normalized spacial score (nSPS) is 12.1. The highest BCUT2D eigenvalue weighted by atomic mass is 16.3. The zero-order valence-electron chi connectivity index (χ0n) is 76.5. The highest BCUT2D eigenvalue weighted by molar-refractivity contribution is 6.28. The Balaban J connectivity index is 0.0000000998. The van der Waals surface area contributed by atoms with Crippen molar-refractivity contribution in [2.24, 2.45) is 0 Å². The Kier molecular flexibility index (Phi) is 17.5. The van der Waals surface area contributed by atoms with Gasteiger partial charge in [-0.05, 0) is 319 Å². The van der Waals surface area contributed by atoms with Crippen molar-refractivity contribution in [2.75, 3.05) is 0 Å². The molecule has 6 aromatic heterocycles. The predicted octanol–water partition coefficient (Wildman–Crippen LogP) is 39.7. The Morgan fingerprint density at radius 2 is 0.232 bits per heavy atom. The van der Waals surface area contributed by atoms with Crippen LogP contribution in [0.3, 0.4) is 0 Å². The van der Waals surface area contributed by atoms with E-state index in [0.29, 0.717) is 0 Å². The van der Waals surface area contributed by atoms with Gasteiger partial charge < -0.3 is 26.5 Å². The zero-order chi connectivity index (χ0) is 92.9. The zero-order valence-corrected chi connectivity index (χ0v) is 76.5. The monoisotopic (exact) mass is 1810 g/mol. The van der Waals surface area contributed by atoms with Crippen LogP contribution in [0.4, 0.5) is 0 Å². The van der Waals surface area contributed by atoms with E-state index < -0.39 is 0 Å². The molecule has 26 aromatic carbocycles. The third kappa shape index (κ3) is 12.6. The lowest BCUT2D eigenvalue weighted by Gasteiger charge is -2.18. The average Bonchev–Trinajstić information content (AvgIpc) is 1.04. The molecule has 0 spiro atoms. The van der Waals surface area contributed by atoms with Crippen LogP contribution in [0.5, 0.6) is 0 Å². The summed E-state index contributed by atoms with van der Waals surface area (Å²) in [4.78, 5) is 0. The summed E-state index contributed by atoms with van der Waals surface area (Å²) in [7, 11) is 0. The first-order valence-electron chi connectivity index (χ1n) is 48.5. The molecule has 32 aromatic rings. The molecule has 0 atom stereocenters. The van der Waals surface area contributed by atoms with Crippen molar-refractivity contribution in [1.82, 2.24) is 0 Å². The van der Waals surface area contributed by atoms with E-state index in [4.69, 9.17) is 26.5 Å². The van der Waals surface area contributed by atoms with Gasteiger partial charge in [-0.2, -0.15) is 0 Å². The molecule has 0 aliphatic heterocycles. The van der Waals surface area contributed by atoms with Crippen LogP contribution in [0.15, 0.2) is 500 Å². The van der Waals surface area contributed by atoms with Gasteiger partial charge in [0.15, 0.2) is 0 Å². The fraction of sp³-hybridized carbons (Fsp3) is 0. The lowest BCUT2D eigenvalue weighted by atomic mass is 9.85. The summed E-state index contributed by atoms with van der Waals surface area (Å²) < 4.78 is 37.7. The lowest BCUT2D eigenvalue weighted by molar-refractivity contribution is 0.668. The van der Waals surface area contributed by atoms with Gasteiger partial charge in [-0.3, -0.25) is 0 Å². The van der Waals surface area contributed by atoms with Gasteiger partial charge in [0.1, 0.15) is 67.0 Å². The molecule has 0 unspecified atom stereocenters. The van der Waals surface area contributed by atoms with E-state index >= 15 is 0 Å². The Hall–Kier alpha value is -18.9. The van der Waals surface area contributed by atoms with Crippen molar-refractivity contribution in [2.45, 2.75) is 0 Å². The van der Waals surface area contributed by atoms with E-state index in [9.17, 15) is 0 Å². The van der Waals surface area contributed by atoms with Crippen molar-refractivity contribution in [3.8, 4) is 77.9 Å². The van der Waals surface area contributed by atoms with Crippen molar-refractivity contribution in [3.63, 3.8) is 0 Å². The molecule has 0 amide bonds. The molecule has 0 saturated heterocycles. The van der Waals surface area contributed by atoms with Crippen molar-refractivity contribution in [1.29, 1.82) is 0 Å². The van der Waals surface area contributed by atoms with Crippen LogP contribution in [-0.2, 0) is 0 Å². The van der Waals surface area contributed by atoms with Gasteiger partial charge in [-0.25, -0.2) is 0 Å². The summed E-state index contributed by atoms with van der Waals surface area (Å²) in [5.41, 5.74) is 27.9. The molecule has 0 aliphatic rings. The molecular formula is C136H78O6. The third-order valence-corrected chi connectivity index (χ3v) is 29.8. The highest BCUT2D eigenvalue weighted by Crippen LogP contribution is 2.52. The molecule has 0 aliphatic carbocycles. The Morgan fingerprint density at radius 1 is 0.0845 bits per heavy atom. The molecular weight excluding hydrogens is 1730 g/mol. The molecule has 0 radical (unpaired) electrons. The van der Waals surface area contributed by atoms with E-state index in [1.165, 1.54) is 186 Å². The van der Waals surface area contributed by atoms with Crippen LogP contribution >= 0.6 is 0 Å². The van der Waals surface area contributed by atoms with Crippen molar-refractivity contribution < 1.29 is 26.5 Å². The number of hydrogen-bond acceptors (Lipinski definition) is 6. The van der Waals surface area contributed by atoms with Crippen LogP contribution < -0.4 is 0 Å². The molecule has 658 valence electrons. The van der Waals surface area contributed by atoms with E-state index in [2.05, 4.69) is 449 Å². The second kappa shape index (κ2) is 31.3. The molecule has 32 rings (SSSR count). The number of benzene rings is 26. The number of rotatable bonds is 7. The largest absolute Gasteiger partial charge is 0.456 e. The maximum Gasteiger partial charge on any atom is 0.136 e. The summed E-state index contributed by atoms with van der Waals surface area (Å²) in [5.74, 6) is 0. The first-order chi connectivity index (χ1) is 70.3. The first-order valence-corrected chi connectivity index (χ1v) is 48.5. The number of furan rings is 6. The van der Waals surface area contributed by atoms with Crippen LogP contribution in [0.2, 0.25) is 0 Å². The molecule has 6 nitrogen and oxygen atoms in total. The second-order valence-corrected chi connectivity index (χ2v) is 37.8. The molecule has 142 heavy (non-hydrogen) atoms. The van der Waals surface area contributed by atoms with Crippen LogP contribution in [0.1, 0.15) is 0 Å². The standard InChI is InChI=1S/C48H28O2.C46H26O2.C42H24O2/c1-2-10-32-28-46-42(25-31(32)9-1)41-27-34(22-24-45(41)50-46)48-38-14-5-3-12-36(38)47(37-13-4-6-15-39(37)48)30-19-17-29(18-20-30)33-21-23-44-40(26-33)35-11-7-8-16-43(35)49-44;1-3-11-29-25-43-39(21-27(29)9-1)37-23-31(17-19-41(37)47-43)45-33-13-5-7-15-35(33)46(36-16-8-6-14-34(36)45)32-18-20-42-38(24-32)40-22-28-10-2-4-12-30(28)26-44(40)48-42;1-2-10-26-24-40-36(21-25(26)9-1)35-23-28(18-20-39(35)44-40)42-32-14-5-3-12-30(32)41(31-13-4-6-15-33(31)42)27-17-19-38-34(22-27)29-11-7-8-16-37(29)43-38/h1-28H;1-26H;1-24H. The van der Waals surface area contributed by atoms with Gasteiger partial charge >= 0.3 is 0 Å². The summed E-state index contributed by atoms with van der Waals surface area (Å²) >= 11 is 0. The van der Waals surface area contributed by atoms with Gasteiger partial charge in [-0.1, -0.05) is 340 Å². The Bertz CT molecular complexity index is 10600. The van der Waals surface area contributed by atoms with Gasteiger partial charge in [0.05, 0.1) is 0 Å². The predicted molar refractivity (Wildman–Crippen MR) is 596 cm³/mol. The third-order valence-electron chi connectivity index (χ3n) is 29.8. The summed E-state index contributed by atoms with van der Waals surface area (Å²) in [6.07, 6.45) is 0. The van der Waals surface area contributed by atoms with E-state index in [0.717, 1.165) is 132 Å². The quantitative estimate of drug-likeness (QED) is 0.148. The van der Waals surface area contributed by atoms with E-state index in [-0.39, 0.29) is 0 Å². The SMILES string of the molecule is c1ccc2cc3c(cc2c1)oc1ccc(-c2c4ccccc4c(-c4ccc(-c5ccc6oc7ccccc7c6c5)cc4)c4ccccc24)cc13.c1ccc2cc3c(cc2c1)oc1ccc(-c2c4ccccc4c(-c4ccc5oc6cc7ccccc7cc6c5c4)c4ccccc24)cc13.c1ccc2cc3c(cc2c1)oc1ccc(-c2c4ccccc4c(-c4ccc5oc6ccccc6c5c4)c4ccccc24)cc13. The molecule has 0 fully saturated rings. The molecule has 0 saturated carbocycles. The molecule has 6 heterocycles. The summed E-state index contributed by atoms with van der Waals surface area (Å²) in [6.45, 7) is 0. The first kappa shape index (κ1) is 79.3. The van der Waals surface area contributed by atoms with Crippen molar-refractivity contribution >= 4 is 239 Å². The lowest BCUT2D eigenvalue weighted by Crippen LogP contribution is -1.91. The minimum absolute atomic E-state index is 0.905. The molecule has 0 bridgehead atoms. The minimum Gasteiger partial charge on any atom is -0.456 e. The number of para-hydroxylation sites is 2. The van der Waals surface area contributed by atoms with E-state index in [1.54, 1.807) is 0 Å². The van der Waals surface area contributed by atoms with Gasteiger partial charge in [0.25, 0.3) is 0 Å². The number of fused-ring (bicyclic) bond motifs is 28. The second-order valence-electron chi connectivity index (χ2n) is 37.8. The summed E-state index contributed by atoms with van der Waals surface area (Å²) in [6, 6.07) is 170. The number of hydrogen-bond donors (Lipinski definition) is 0. The summed E-state index contributed by atoms with van der Waals surface area (Å²) in [5, 5.41) is 38.1. The Labute approximate surface area is 811 Å². The topological polar surface area (TPSA) is 78.8 Å². The maximum atomic E-state index is 6.38. The minimum atomic E-state index is 0.905. The fourth-order valence-corrected chi connectivity index (χ4v) is 23.3. The molecule has 0 N–H and O–H groups in total. The van der Waals surface area contributed by atoms with Gasteiger partial charge in [0, 0.05) is 64.6 Å². The van der Waals surface area contributed by atoms with E-state index in [1.807, 2.05) is 24.3 Å².